The van der Waals surface area contributed by atoms with Crippen molar-refractivity contribution in [2.24, 2.45) is 5.41 Å². The number of likely N-dealkylation sites (tertiary alicyclic amines) is 1. The van der Waals surface area contributed by atoms with Crippen LogP contribution in [0.15, 0.2) is 36.4 Å². The first-order chi connectivity index (χ1) is 24.4. The van der Waals surface area contributed by atoms with Crippen molar-refractivity contribution in [2.75, 3.05) is 37.6 Å². The number of carboxylic acid groups (broad SMARTS) is 1. The van der Waals surface area contributed by atoms with Gasteiger partial charge in [0.1, 0.15) is 5.82 Å². The van der Waals surface area contributed by atoms with Gasteiger partial charge in [0, 0.05) is 82.0 Å². The molecular weight excluding hydrogens is 665 g/mol. The van der Waals surface area contributed by atoms with Crippen molar-refractivity contribution in [3.8, 4) is 11.1 Å². The van der Waals surface area contributed by atoms with Crippen LogP contribution in [0.1, 0.15) is 106 Å². The zero-order valence-electron chi connectivity index (χ0n) is 31.9. The van der Waals surface area contributed by atoms with E-state index in [0.717, 1.165) is 85.6 Å². The number of aromatic nitrogens is 1. The fraction of sp³-hybridized carbons (Fsp3) is 0.571. The number of ether oxygens (including phenoxy) is 1. The standard InChI is InChI=1S/C42H55F3N4O3/c1-27-22-33(43)11-10-31(27)24-48-17-12-29-23-30(8-9-32(29)25-48)36-34(26-47-18-15-42(44,45)16-19-47)46-28(2)35(38(39(50)51)52-40(3,4)5)37(36)49-20-13-41(6,7)14-21-49/h8-11,22-23,38H,12-21,24-26H2,1-7H3,(H,50,51)/t38-/m0/s1. The third-order valence-corrected chi connectivity index (χ3v) is 11.1. The number of piperidine rings is 2. The smallest absolute Gasteiger partial charge is 0.337 e. The Morgan fingerprint density at radius 1 is 0.923 bits per heavy atom. The average molecular weight is 721 g/mol. The Labute approximate surface area is 307 Å². The fourth-order valence-corrected chi connectivity index (χ4v) is 7.97. The Morgan fingerprint density at radius 2 is 1.62 bits per heavy atom. The van der Waals surface area contributed by atoms with E-state index in [-0.39, 0.29) is 37.2 Å². The normalized spacial score (nSPS) is 20.1. The molecule has 3 aliphatic heterocycles. The highest BCUT2D eigenvalue weighted by molar-refractivity contribution is 5.88. The Morgan fingerprint density at radius 3 is 2.25 bits per heavy atom. The van der Waals surface area contributed by atoms with Crippen LogP contribution in [0.4, 0.5) is 18.9 Å². The second-order valence-corrected chi connectivity index (χ2v) is 17.0. The quantitative estimate of drug-likeness (QED) is 0.237. The molecule has 1 atom stereocenters. The summed E-state index contributed by atoms with van der Waals surface area (Å²) >= 11 is 0. The fourth-order valence-electron chi connectivity index (χ4n) is 7.97. The van der Waals surface area contributed by atoms with Crippen molar-refractivity contribution in [3.05, 3.63) is 81.4 Å². The molecule has 2 fully saturated rings. The highest BCUT2D eigenvalue weighted by atomic mass is 19.3. The number of carboxylic acids is 1. The number of nitrogens with zero attached hydrogens (tertiary/aromatic N) is 4. The lowest BCUT2D eigenvalue weighted by atomic mass is 9.81. The number of alkyl halides is 2. The van der Waals surface area contributed by atoms with E-state index >= 15 is 0 Å². The first-order valence-corrected chi connectivity index (χ1v) is 18.8. The van der Waals surface area contributed by atoms with E-state index in [1.165, 1.54) is 17.2 Å². The second-order valence-electron chi connectivity index (χ2n) is 17.0. The molecule has 0 amide bonds. The van der Waals surface area contributed by atoms with Gasteiger partial charge in [-0.25, -0.2) is 18.0 Å². The molecule has 0 bridgehead atoms. The van der Waals surface area contributed by atoms with E-state index in [0.29, 0.717) is 17.8 Å². The van der Waals surface area contributed by atoms with Crippen LogP contribution in [0, 0.1) is 25.1 Å². The number of hydrogen-bond acceptors (Lipinski definition) is 6. The molecule has 4 heterocycles. The van der Waals surface area contributed by atoms with E-state index in [4.69, 9.17) is 9.72 Å². The van der Waals surface area contributed by atoms with Gasteiger partial charge in [0.25, 0.3) is 5.92 Å². The molecule has 2 aromatic carbocycles. The third kappa shape index (κ3) is 8.83. The molecule has 0 spiro atoms. The summed E-state index contributed by atoms with van der Waals surface area (Å²) in [7, 11) is 0. The lowest BCUT2D eigenvalue weighted by Crippen LogP contribution is -2.40. The largest absolute Gasteiger partial charge is 0.479 e. The van der Waals surface area contributed by atoms with E-state index < -0.39 is 23.6 Å². The highest BCUT2D eigenvalue weighted by Crippen LogP contribution is 2.46. The van der Waals surface area contributed by atoms with Crippen LogP contribution < -0.4 is 4.90 Å². The van der Waals surface area contributed by atoms with Gasteiger partial charge < -0.3 is 14.7 Å². The minimum Gasteiger partial charge on any atom is -0.479 e. The average Bonchev–Trinajstić information content (AvgIpc) is 3.05. The summed E-state index contributed by atoms with van der Waals surface area (Å²) in [5.74, 6) is -3.97. The number of hydrogen-bond donors (Lipinski definition) is 1. The minimum absolute atomic E-state index is 0.152. The number of anilines is 1. The second kappa shape index (κ2) is 14.7. The van der Waals surface area contributed by atoms with Gasteiger partial charge in [0.2, 0.25) is 0 Å². The summed E-state index contributed by atoms with van der Waals surface area (Å²) in [4.78, 5) is 25.0. The van der Waals surface area contributed by atoms with Crippen LogP contribution >= 0.6 is 0 Å². The van der Waals surface area contributed by atoms with Gasteiger partial charge in [-0.1, -0.05) is 38.1 Å². The summed E-state index contributed by atoms with van der Waals surface area (Å²) in [6, 6.07) is 11.5. The van der Waals surface area contributed by atoms with Gasteiger partial charge in [-0.15, -0.1) is 0 Å². The topological polar surface area (TPSA) is 69.1 Å². The number of halogens is 3. The molecule has 0 radical (unpaired) electrons. The lowest BCUT2D eigenvalue weighted by Gasteiger charge is -2.41. The minimum atomic E-state index is -2.67. The van der Waals surface area contributed by atoms with E-state index in [1.54, 1.807) is 6.07 Å². The number of carbonyl (C=O) groups is 1. The molecule has 3 aliphatic rings. The summed E-state index contributed by atoms with van der Waals surface area (Å²) in [5, 5.41) is 10.7. The van der Waals surface area contributed by atoms with E-state index in [1.807, 2.05) is 40.7 Å². The molecule has 3 aromatic rings. The monoisotopic (exact) mass is 720 g/mol. The van der Waals surface area contributed by atoms with Gasteiger partial charge >= 0.3 is 5.97 Å². The Hall–Kier alpha value is -3.47. The molecule has 0 aliphatic carbocycles. The number of benzene rings is 2. The molecule has 1 aromatic heterocycles. The summed E-state index contributed by atoms with van der Waals surface area (Å²) < 4.78 is 48.6. The maximum absolute atomic E-state index is 14.3. The number of aliphatic carboxylic acids is 1. The van der Waals surface area contributed by atoms with Crippen LogP contribution in [0.25, 0.3) is 11.1 Å². The van der Waals surface area contributed by atoms with Crippen LogP contribution in [0.2, 0.25) is 0 Å². The van der Waals surface area contributed by atoms with Crippen molar-refractivity contribution in [1.29, 1.82) is 0 Å². The Balaban J connectivity index is 1.47. The van der Waals surface area contributed by atoms with Crippen molar-refractivity contribution in [3.63, 3.8) is 0 Å². The molecule has 10 heteroatoms. The van der Waals surface area contributed by atoms with Crippen molar-refractivity contribution in [2.45, 2.75) is 118 Å². The SMILES string of the molecule is Cc1cc(F)ccc1CN1CCc2cc(-c3c(CN4CCC(F)(F)CC4)nc(C)c([C@H](OC(C)(C)C)C(=O)O)c3N3CCC(C)(C)CC3)ccc2C1. The summed E-state index contributed by atoms with van der Waals surface area (Å²) in [6.07, 6.45) is 1.07. The molecule has 7 nitrogen and oxygen atoms in total. The molecular formula is C42H55F3N4O3. The van der Waals surface area contributed by atoms with E-state index in [9.17, 15) is 23.1 Å². The third-order valence-electron chi connectivity index (χ3n) is 11.1. The predicted octanol–water partition coefficient (Wildman–Crippen LogP) is 8.86. The Kier molecular flexibility index (Phi) is 10.9. The first kappa shape index (κ1) is 38.3. The number of fused-ring (bicyclic) bond motifs is 1. The predicted molar refractivity (Wildman–Crippen MR) is 199 cm³/mol. The first-order valence-electron chi connectivity index (χ1n) is 18.8. The van der Waals surface area contributed by atoms with Gasteiger partial charge in [-0.2, -0.15) is 0 Å². The number of aryl methyl sites for hydroxylation is 2. The maximum Gasteiger partial charge on any atom is 0.337 e. The zero-order chi connectivity index (χ0) is 37.6. The molecule has 1 N–H and O–H groups in total. The molecule has 6 rings (SSSR count). The number of rotatable bonds is 9. The maximum atomic E-state index is 14.3. The van der Waals surface area contributed by atoms with Crippen LogP contribution in [0.5, 0.6) is 0 Å². The summed E-state index contributed by atoms with van der Waals surface area (Å²) in [5.41, 5.74) is 8.48. The molecule has 2 saturated heterocycles. The van der Waals surface area contributed by atoms with Gasteiger partial charge in [0.05, 0.1) is 17.0 Å². The van der Waals surface area contributed by atoms with Crippen LogP contribution in [0.3, 0.4) is 0 Å². The summed E-state index contributed by atoms with van der Waals surface area (Å²) in [6.45, 7) is 18.7. The van der Waals surface area contributed by atoms with Crippen LogP contribution in [-0.4, -0.2) is 70.1 Å². The molecule has 52 heavy (non-hydrogen) atoms. The van der Waals surface area contributed by atoms with Crippen molar-refractivity contribution >= 4 is 11.7 Å². The molecule has 0 saturated carbocycles. The van der Waals surface area contributed by atoms with Crippen molar-refractivity contribution < 1.29 is 27.8 Å². The zero-order valence-corrected chi connectivity index (χ0v) is 31.9. The van der Waals surface area contributed by atoms with Gasteiger partial charge in [0.15, 0.2) is 6.10 Å². The van der Waals surface area contributed by atoms with E-state index in [2.05, 4.69) is 46.7 Å². The Bertz CT molecular complexity index is 1780. The van der Waals surface area contributed by atoms with Gasteiger partial charge in [-0.3, -0.25) is 14.8 Å². The molecule has 282 valence electrons. The lowest BCUT2D eigenvalue weighted by molar-refractivity contribution is -0.160. The highest BCUT2D eigenvalue weighted by Gasteiger charge is 2.39. The number of pyridine rings is 1. The van der Waals surface area contributed by atoms with Crippen molar-refractivity contribution in [1.82, 2.24) is 14.8 Å². The molecule has 0 unspecified atom stereocenters. The van der Waals surface area contributed by atoms with Crippen LogP contribution in [-0.2, 0) is 35.6 Å². The van der Waals surface area contributed by atoms with Gasteiger partial charge in [-0.05, 0) is 99.2 Å².